The fourth-order valence-corrected chi connectivity index (χ4v) is 1.28. The monoisotopic (exact) mass is 272 g/mol. The summed E-state index contributed by atoms with van der Waals surface area (Å²) in [7, 11) is 0. The van der Waals surface area contributed by atoms with Gasteiger partial charge in [-0.05, 0) is 22.0 Å². The van der Waals surface area contributed by atoms with Crippen molar-refractivity contribution in [1.29, 1.82) is 0 Å². The molecule has 0 saturated heterocycles. The molecule has 0 radical (unpaired) electrons. The topological polar surface area (TPSA) is 42.0 Å². The normalized spacial score (nSPS) is 9.21. The highest BCUT2D eigenvalue weighted by molar-refractivity contribution is 9.10. The molecular weight excluding hydrogens is 267 g/mol. The lowest BCUT2D eigenvalue weighted by atomic mass is 10.3. The number of pyridine rings is 1. The molecule has 1 aromatic heterocycles. The van der Waals surface area contributed by atoms with Crippen LogP contribution in [0.1, 0.15) is 6.42 Å². The number of aromatic nitrogens is 1. The van der Waals surface area contributed by atoms with Gasteiger partial charge in [-0.2, -0.15) is 0 Å². The second-order valence-electron chi connectivity index (χ2n) is 2.42. The van der Waals surface area contributed by atoms with E-state index in [1.54, 1.807) is 12.3 Å². The summed E-state index contributed by atoms with van der Waals surface area (Å²) in [6.45, 7) is 0. The summed E-state index contributed by atoms with van der Waals surface area (Å²) < 4.78 is 0.734. The third-order valence-corrected chi connectivity index (χ3v) is 2.08. The standard InChI is InChI=1S/C9H6BrClN2O/c1-2-3-8(14)13-7-4-6(10)5-12-9(7)11/h1,4-5H,3H2,(H,13,14). The first-order chi connectivity index (χ1) is 6.63. The molecule has 14 heavy (non-hydrogen) atoms. The molecule has 1 amide bonds. The van der Waals surface area contributed by atoms with E-state index in [1.807, 2.05) is 0 Å². The highest BCUT2D eigenvalue weighted by Crippen LogP contribution is 2.22. The number of carbonyl (C=O) groups excluding carboxylic acids is 1. The van der Waals surface area contributed by atoms with Crippen molar-refractivity contribution in [3.8, 4) is 12.3 Å². The molecule has 0 spiro atoms. The quantitative estimate of drug-likeness (QED) is 0.664. The Bertz CT molecular complexity index is 400. The van der Waals surface area contributed by atoms with Crippen LogP contribution >= 0.6 is 27.5 Å². The summed E-state index contributed by atoms with van der Waals surface area (Å²) in [6.07, 6.45) is 6.54. The number of nitrogens with zero attached hydrogens (tertiary/aromatic N) is 1. The fourth-order valence-electron chi connectivity index (χ4n) is 0.797. The van der Waals surface area contributed by atoms with Gasteiger partial charge in [-0.25, -0.2) is 4.98 Å². The lowest BCUT2D eigenvalue weighted by molar-refractivity contribution is -0.115. The zero-order valence-corrected chi connectivity index (χ0v) is 9.39. The minimum Gasteiger partial charge on any atom is -0.323 e. The average Bonchev–Trinajstić information content (AvgIpc) is 2.12. The van der Waals surface area contributed by atoms with E-state index in [-0.39, 0.29) is 17.5 Å². The summed E-state index contributed by atoms with van der Waals surface area (Å²) in [5.41, 5.74) is 0.446. The Morgan fingerprint density at radius 1 is 1.79 bits per heavy atom. The Kier molecular flexibility index (Phi) is 3.93. The van der Waals surface area contributed by atoms with Crippen LogP contribution in [0, 0.1) is 12.3 Å². The summed E-state index contributed by atoms with van der Waals surface area (Å²) in [4.78, 5) is 15.0. The number of hydrogen-bond donors (Lipinski definition) is 1. The molecular formula is C9H6BrClN2O. The zero-order valence-electron chi connectivity index (χ0n) is 7.05. The van der Waals surface area contributed by atoms with Gasteiger partial charge in [0.05, 0.1) is 12.1 Å². The van der Waals surface area contributed by atoms with Crippen LogP contribution in [0.2, 0.25) is 5.15 Å². The Balaban J connectivity index is 2.81. The highest BCUT2D eigenvalue weighted by Gasteiger charge is 2.05. The lowest BCUT2D eigenvalue weighted by Crippen LogP contribution is -2.10. The van der Waals surface area contributed by atoms with Crippen molar-refractivity contribution in [3.05, 3.63) is 21.9 Å². The predicted molar refractivity (Wildman–Crippen MR) is 59.0 cm³/mol. The maximum absolute atomic E-state index is 11.1. The largest absolute Gasteiger partial charge is 0.323 e. The van der Waals surface area contributed by atoms with Crippen molar-refractivity contribution in [2.75, 3.05) is 5.32 Å². The van der Waals surface area contributed by atoms with Crippen LogP contribution in [0.5, 0.6) is 0 Å². The number of nitrogens with one attached hydrogen (secondary N) is 1. The maximum Gasteiger partial charge on any atom is 0.236 e. The van der Waals surface area contributed by atoms with Gasteiger partial charge in [0, 0.05) is 10.7 Å². The summed E-state index contributed by atoms with van der Waals surface area (Å²) >= 11 is 8.95. The Morgan fingerprint density at radius 2 is 2.50 bits per heavy atom. The number of rotatable bonds is 2. The van der Waals surface area contributed by atoms with Gasteiger partial charge in [-0.15, -0.1) is 6.42 Å². The molecule has 3 nitrogen and oxygen atoms in total. The van der Waals surface area contributed by atoms with Crippen molar-refractivity contribution in [2.24, 2.45) is 0 Å². The number of hydrogen-bond acceptors (Lipinski definition) is 2. The summed E-state index contributed by atoms with van der Waals surface area (Å²) in [5.74, 6) is 1.95. The highest BCUT2D eigenvalue weighted by atomic mass is 79.9. The van der Waals surface area contributed by atoms with Crippen LogP contribution in [0.4, 0.5) is 5.69 Å². The summed E-state index contributed by atoms with van der Waals surface area (Å²) in [6, 6.07) is 1.66. The molecule has 0 aliphatic carbocycles. The third-order valence-electron chi connectivity index (χ3n) is 1.34. The third kappa shape index (κ3) is 3.02. The van der Waals surface area contributed by atoms with E-state index in [2.05, 4.69) is 32.2 Å². The van der Waals surface area contributed by atoms with Gasteiger partial charge in [-0.3, -0.25) is 4.79 Å². The van der Waals surface area contributed by atoms with Crippen LogP contribution < -0.4 is 5.32 Å². The smallest absolute Gasteiger partial charge is 0.236 e. The van der Waals surface area contributed by atoms with Gasteiger partial charge in [0.1, 0.15) is 0 Å². The predicted octanol–water partition coefficient (Wildman–Crippen LogP) is 2.46. The molecule has 0 aliphatic heterocycles. The van der Waals surface area contributed by atoms with Gasteiger partial charge in [0.2, 0.25) is 5.91 Å². The van der Waals surface area contributed by atoms with Gasteiger partial charge < -0.3 is 5.32 Å². The number of halogens is 2. The molecule has 1 rings (SSSR count). The number of carbonyl (C=O) groups is 1. The molecule has 5 heteroatoms. The molecule has 72 valence electrons. The van der Waals surface area contributed by atoms with Crippen LogP contribution in [-0.4, -0.2) is 10.9 Å². The van der Waals surface area contributed by atoms with Crippen LogP contribution in [0.3, 0.4) is 0 Å². The zero-order chi connectivity index (χ0) is 10.6. The van der Waals surface area contributed by atoms with Gasteiger partial charge >= 0.3 is 0 Å². The van der Waals surface area contributed by atoms with E-state index >= 15 is 0 Å². The van der Waals surface area contributed by atoms with E-state index in [4.69, 9.17) is 18.0 Å². The first-order valence-electron chi connectivity index (χ1n) is 3.68. The van der Waals surface area contributed by atoms with Crippen molar-refractivity contribution >= 4 is 39.1 Å². The number of amides is 1. The Labute approximate surface area is 95.0 Å². The van der Waals surface area contributed by atoms with Gasteiger partial charge in [0.15, 0.2) is 5.15 Å². The van der Waals surface area contributed by atoms with Crippen molar-refractivity contribution in [3.63, 3.8) is 0 Å². The maximum atomic E-state index is 11.1. The second-order valence-corrected chi connectivity index (χ2v) is 3.69. The molecule has 0 fully saturated rings. The fraction of sp³-hybridized carbons (Fsp3) is 0.111. The molecule has 0 aromatic carbocycles. The molecule has 0 saturated carbocycles. The average molecular weight is 274 g/mol. The SMILES string of the molecule is C#CCC(=O)Nc1cc(Br)cnc1Cl. The first kappa shape index (κ1) is 11.0. The number of anilines is 1. The molecule has 0 atom stereocenters. The van der Waals surface area contributed by atoms with Crippen molar-refractivity contribution < 1.29 is 4.79 Å². The lowest BCUT2D eigenvalue weighted by Gasteiger charge is -2.04. The molecule has 1 aromatic rings. The van der Waals surface area contributed by atoms with E-state index in [0.29, 0.717) is 5.69 Å². The van der Waals surface area contributed by atoms with E-state index in [1.165, 1.54) is 0 Å². The summed E-state index contributed by atoms with van der Waals surface area (Å²) in [5, 5.41) is 2.78. The van der Waals surface area contributed by atoms with Crippen LogP contribution in [-0.2, 0) is 4.79 Å². The van der Waals surface area contributed by atoms with Gasteiger partial charge in [0.25, 0.3) is 0 Å². The van der Waals surface area contributed by atoms with Gasteiger partial charge in [-0.1, -0.05) is 17.5 Å². The molecule has 0 bridgehead atoms. The molecule has 0 unspecified atom stereocenters. The van der Waals surface area contributed by atoms with Crippen molar-refractivity contribution in [2.45, 2.75) is 6.42 Å². The molecule has 1 heterocycles. The Morgan fingerprint density at radius 3 is 3.14 bits per heavy atom. The van der Waals surface area contributed by atoms with E-state index in [0.717, 1.165) is 4.47 Å². The Hall–Kier alpha value is -1.05. The van der Waals surface area contributed by atoms with E-state index < -0.39 is 0 Å². The first-order valence-corrected chi connectivity index (χ1v) is 4.85. The second kappa shape index (κ2) is 4.99. The number of terminal acetylenes is 1. The van der Waals surface area contributed by atoms with Crippen molar-refractivity contribution in [1.82, 2.24) is 4.98 Å². The van der Waals surface area contributed by atoms with Crippen LogP contribution in [0.25, 0.3) is 0 Å². The molecule has 1 N–H and O–H groups in total. The minimum atomic E-state index is -0.283. The minimum absolute atomic E-state index is 0.0167. The molecule has 0 aliphatic rings. The van der Waals surface area contributed by atoms with Crippen LogP contribution in [0.15, 0.2) is 16.7 Å². The van der Waals surface area contributed by atoms with E-state index in [9.17, 15) is 4.79 Å².